The lowest BCUT2D eigenvalue weighted by atomic mass is 9.95. The number of aromatic nitrogens is 2. The fourth-order valence-corrected chi connectivity index (χ4v) is 3.56. The van der Waals surface area contributed by atoms with Crippen molar-refractivity contribution >= 4 is 44.2 Å². The van der Waals surface area contributed by atoms with Crippen molar-refractivity contribution in [2.24, 2.45) is 0 Å². The summed E-state index contributed by atoms with van der Waals surface area (Å²) in [5.41, 5.74) is 3.73. The van der Waals surface area contributed by atoms with Crippen LogP contribution < -0.4 is 0 Å². The van der Waals surface area contributed by atoms with Crippen LogP contribution in [0.15, 0.2) is 78.9 Å². The van der Waals surface area contributed by atoms with Crippen LogP contribution in [0, 0.1) is 0 Å². The van der Waals surface area contributed by atoms with Gasteiger partial charge in [-0.05, 0) is 51.9 Å². The van der Waals surface area contributed by atoms with Gasteiger partial charge in [0.15, 0.2) is 0 Å². The summed E-state index contributed by atoms with van der Waals surface area (Å²) < 4.78 is 0. The predicted molar refractivity (Wildman–Crippen MR) is 105 cm³/mol. The molecule has 0 radical (unpaired) electrons. The van der Waals surface area contributed by atoms with Crippen molar-refractivity contribution in [1.29, 1.82) is 0 Å². The summed E-state index contributed by atoms with van der Waals surface area (Å²) >= 11 is 5.98. The molecular weight excluding hydrogens is 328 g/mol. The number of fused-ring (bicyclic) bond motifs is 4. The van der Waals surface area contributed by atoms with Gasteiger partial charge in [0.2, 0.25) is 0 Å². The number of hydrogen-bond donors (Lipinski definition) is 0. The predicted octanol–water partition coefficient (Wildman–Crippen LogP) is 6.26. The Labute approximate surface area is 149 Å². The maximum Gasteiger partial charge on any atom is 0.129 e. The summed E-state index contributed by atoms with van der Waals surface area (Å²) in [5, 5.41) is 5.41. The van der Waals surface area contributed by atoms with E-state index in [1.807, 2.05) is 18.2 Å². The molecule has 3 aromatic carbocycles. The molecule has 0 atom stereocenters. The summed E-state index contributed by atoms with van der Waals surface area (Å²) in [6.45, 7) is 0. The van der Waals surface area contributed by atoms with Gasteiger partial charge >= 0.3 is 0 Å². The third-order valence-electron chi connectivity index (χ3n) is 4.55. The standard InChI is InChI=1S/C22H13ClN2/c23-22-12-11-20-21(25-22)10-9-19(24-20)18-13-14-5-1-2-6-15(14)16-7-3-4-8-17(16)18/h1-13H. The third-order valence-corrected chi connectivity index (χ3v) is 4.76. The van der Waals surface area contributed by atoms with Gasteiger partial charge in [-0.15, -0.1) is 0 Å². The van der Waals surface area contributed by atoms with Gasteiger partial charge in [-0.25, -0.2) is 9.97 Å². The molecule has 5 rings (SSSR count). The van der Waals surface area contributed by atoms with Gasteiger partial charge in [0.25, 0.3) is 0 Å². The highest BCUT2D eigenvalue weighted by Gasteiger charge is 2.10. The number of hydrogen-bond acceptors (Lipinski definition) is 2. The first-order valence-corrected chi connectivity index (χ1v) is 8.51. The molecule has 5 aromatic rings. The van der Waals surface area contributed by atoms with E-state index in [0.717, 1.165) is 22.3 Å². The summed E-state index contributed by atoms with van der Waals surface area (Å²) in [7, 11) is 0. The second kappa shape index (κ2) is 5.54. The molecule has 0 aliphatic carbocycles. The Morgan fingerprint density at radius 2 is 1.28 bits per heavy atom. The molecule has 0 unspecified atom stereocenters. The Kier molecular flexibility index (Phi) is 3.19. The van der Waals surface area contributed by atoms with E-state index >= 15 is 0 Å². The molecule has 0 saturated carbocycles. The molecule has 0 fully saturated rings. The van der Waals surface area contributed by atoms with Crippen molar-refractivity contribution in [2.45, 2.75) is 0 Å². The van der Waals surface area contributed by atoms with Crippen LogP contribution in [0.25, 0.3) is 43.8 Å². The molecule has 0 N–H and O–H groups in total. The van der Waals surface area contributed by atoms with Gasteiger partial charge in [0.1, 0.15) is 5.15 Å². The van der Waals surface area contributed by atoms with Crippen LogP contribution in [0.1, 0.15) is 0 Å². The number of pyridine rings is 2. The summed E-state index contributed by atoms with van der Waals surface area (Å²) in [5.74, 6) is 0. The van der Waals surface area contributed by atoms with Crippen LogP contribution in [-0.2, 0) is 0 Å². The zero-order valence-corrected chi connectivity index (χ0v) is 14.0. The second-order valence-corrected chi connectivity index (χ2v) is 6.45. The highest BCUT2D eigenvalue weighted by molar-refractivity contribution is 6.29. The van der Waals surface area contributed by atoms with E-state index in [2.05, 4.69) is 59.6 Å². The summed E-state index contributed by atoms with van der Waals surface area (Å²) in [6, 6.07) is 26.9. The van der Waals surface area contributed by atoms with Gasteiger partial charge in [-0.1, -0.05) is 60.1 Å². The lowest BCUT2D eigenvalue weighted by Crippen LogP contribution is -1.90. The first kappa shape index (κ1) is 14.4. The quantitative estimate of drug-likeness (QED) is 0.266. The Morgan fingerprint density at radius 1 is 0.600 bits per heavy atom. The van der Waals surface area contributed by atoms with E-state index in [4.69, 9.17) is 16.6 Å². The van der Waals surface area contributed by atoms with Crippen molar-refractivity contribution in [1.82, 2.24) is 9.97 Å². The molecule has 2 heterocycles. The maximum atomic E-state index is 5.98. The number of nitrogens with zero attached hydrogens (tertiary/aromatic N) is 2. The number of halogens is 1. The Balaban J connectivity index is 1.86. The number of rotatable bonds is 1. The molecule has 0 amide bonds. The van der Waals surface area contributed by atoms with E-state index in [0.29, 0.717) is 5.15 Å². The smallest absolute Gasteiger partial charge is 0.129 e. The molecule has 0 aliphatic rings. The van der Waals surface area contributed by atoms with Crippen molar-refractivity contribution in [3.05, 3.63) is 84.0 Å². The fraction of sp³-hybridized carbons (Fsp3) is 0. The highest BCUT2D eigenvalue weighted by Crippen LogP contribution is 2.34. The first-order valence-electron chi connectivity index (χ1n) is 8.14. The topological polar surface area (TPSA) is 25.8 Å². The molecule has 0 bridgehead atoms. The Morgan fingerprint density at radius 3 is 2.16 bits per heavy atom. The minimum atomic E-state index is 0.484. The van der Waals surface area contributed by atoms with Crippen LogP contribution >= 0.6 is 11.6 Å². The van der Waals surface area contributed by atoms with Gasteiger partial charge in [0.05, 0.1) is 16.7 Å². The third kappa shape index (κ3) is 2.34. The first-order chi connectivity index (χ1) is 12.3. The fourth-order valence-electron chi connectivity index (χ4n) is 3.40. The average Bonchev–Trinajstić information content (AvgIpc) is 2.67. The second-order valence-electron chi connectivity index (χ2n) is 6.06. The van der Waals surface area contributed by atoms with Crippen LogP contribution in [0.2, 0.25) is 5.15 Å². The average molecular weight is 341 g/mol. The van der Waals surface area contributed by atoms with E-state index in [1.54, 1.807) is 6.07 Å². The molecule has 2 nitrogen and oxygen atoms in total. The summed E-state index contributed by atoms with van der Waals surface area (Å²) in [4.78, 5) is 9.15. The van der Waals surface area contributed by atoms with Crippen LogP contribution in [0.3, 0.4) is 0 Å². The van der Waals surface area contributed by atoms with Crippen LogP contribution in [-0.4, -0.2) is 9.97 Å². The van der Waals surface area contributed by atoms with Gasteiger partial charge in [-0.3, -0.25) is 0 Å². The Hall–Kier alpha value is -2.97. The molecule has 0 aliphatic heterocycles. The molecule has 3 heteroatoms. The van der Waals surface area contributed by atoms with Gasteiger partial charge < -0.3 is 0 Å². The molecule has 2 aromatic heterocycles. The lowest BCUT2D eigenvalue weighted by molar-refractivity contribution is 1.34. The van der Waals surface area contributed by atoms with E-state index in [9.17, 15) is 0 Å². The molecule has 0 spiro atoms. The van der Waals surface area contributed by atoms with Crippen molar-refractivity contribution in [3.63, 3.8) is 0 Å². The minimum Gasteiger partial charge on any atom is -0.246 e. The molecule has 0 saturated heterocycles. The lowest BCUT2D eigenvalue weighted by Gasteiger charge is -2.11. The summed E-state index contributed by atoms with van der Waals surface area (Å²) in [6.07, 6.45) is 0. The van der Waals surface area contributed by atoms with Gasteiger partial charge in [-0.2, -0.15) is 0 Å². The maximum absolute atomic E-state index is 5.98. The SMILES string of the molecule is Clc1ccc2nc(-c3cc4ccccc4c4ccccc34)ccc2n1. The normalized spacial score (nSPS) is 11.4. The van der Waals surface area contributed by atoms with Crippen molar-refractivity contribution < 1.29 is 0 Å². The van der Waals surface area contributed by atoms with E-state index in [-0.39, 0.29) is 0 Å². The molecular formula is C22H13ClN2. The Bertz CT molecular complexity index is 1260. The van der Waals surface area contributed by atoms with E-state index < -0.39 is 0 Å². The zero-order valence-electron chi connectivity index (χ0n) is 13.3. The van der Waals surface area contributed by atoms with Crippen molar-refractivity contribution in [2.75, 3.05) is 0 Å². The number of benzene rings is 3. The molecule has 25 heavy (non-hydrogen) atoms. The minimum absolute atomic E-state index is 0.484. The van der Waals surface area contributed by atoms with Crippen molar-refractivity contribution in [3.8, 4) is 11.3 Å². The van der Waals surface area contributed by atoms with Crippen LogP contribution in [0.4, 0.5) is 0 Å². The van der Waals surface area contributed by atoms with Gasteiger partial charge in [0, 0.05) is 5.56 Å². The monoisotopic (exact) mass is 340 g/mol. The molecule has 118 valence electrons. The zero-order chi connectivity index (χ0) is 16.8. The highest BCUT2D eigenvalue weighted by atomic mass is 35.5. The largest absolute Gasteiger partial charge is 0.246 e. The van der Waals surface area contributed by atoms with Crippen LogP contribution in [0.5, 0.6) is 0 Å². The van der Waals surface area contributed by atoms with E-state index in [1.165, 1.54) is 21.5 Å².